The van der Waals surface area contributed by atoms with Gasteiger partial charge in [0, 0.05) is 11.8 Å². The molecule has 0 unspecified atom stereocenters. The molecule has 0 aliphatic rings. The highest BCUT2D eigenvalue weighted by Crippen LogP contribution is 2.30. The first-order valence-electron chi connectivity index (χ1n) is 6.73. The van der Waals surface area contributed by atoms with E-state index in [0.29, 0.717) is 23.2 Å². The molecule has 2 nitrogen and oxygen atoms in total. The van der Waals surface area contributed by atoms with Crippen LogP contribution >= 0.6 is 0 Å². The molecule has 1 aromatic heterocycles. The lowest BCUT2D eigenvalue weighted by Crippen LogP contribution is -2.04. The Morgan fingerprint density at radius 3 is 2.24 bits per heavy atom. The van der Waals surface area contributed by atoms with Crippen molar-refractivity contribution in [1.82, 2.24) is 4.98 Å². The second kappa shape index (κ2) is 6.26. The average Bonchev–Trinajstić information content (AvgIpc) is 2.47. The molecule has 0 bridgehead atoms. The molecule has 0 aliphatic carbocycles. The van der Waals surface area contributed by atoms with Gasteiger partial charge >= 0.3 is 6.18 Å². The molecule has 2 rings (SSSR count). The van der Waals surface area contributed by atoms with Crippen molar-refractivity contribution in [3.05, 3.63) is 53.7 Å². The van der Waals surface area contributed by atoms with Gasteiger partial charge in [0.1, 0.15) is 0 Å². The van der Waals surface area contributed by atoms with Gasteiger partial charge in [0.25, 0.3) is 0 Å². The van der Waals surface area contributed by atoms with E-state index in [-0.39, 0.29) is 0 Å². The molecule has 112 valence electrons. The van der Waals surface area contributed by atoms with E-state index in [1.54, 1.807) is 18.3 Å². The van der Waals surface area contributed by atoms with Crippen LogP contribution in [0.25, 0.3) is 11.3 Å². The number of hydrogen-bond acceptors (Lipinski definition) is 2. The number of halogens is 3. The molecule has 2 aromatic rings. The van der Waals surface area contributed by atoms with Crippen molar-refractivity contribution in [2.24, 2.45) is 0 Å². The molecule has 0 saturated carbocycles. The predicted octanol–water partition coefficient (Wildman–Crippen LogP) is 4.60. The SMILES string of the molecule is CCC[C@@H](O)c1ccc(-c2ccc(C(F)(F)F)cc2)nc1. The molecule has 1 aromatic carbocycles. The number of nitrogens with zero attached hydrogens (tertiary/aromatic N) is 1. The van der Waals surface area contributed by atoms with Crippen molar-refractivity contribution in [3.63, 3.8) is 0 Å². The lowest BCUT2D eigenvalue weighted by molar-refractivity contribution is -0.137. The van der Waals surface area contributed by atoms with E-state index in [2.05, 4.69) is 4.98 Å². The maximum atomic E-state index is 12.5. The van der Waals surface area contributed by atoms with Gasteiger partial charge < -0.3 is 5.11 Å². The summed E-state index contributed by atoms with van der Waals surface area (Å²) in [5, 5.41) is 9.84. The fraction of sp³-hybridized carbons (Fsp3) is 0.312. The molecule has 1 N–H and O–H groups in total. The Bertz CT molecular complexity index is 576. The van der Waals surface area contributed by atoms with Crippen molar-refractivity contribution in [2.45, 2.75) is 32.0 Å². The maximum absolute atomic E-state index is 12.5. The quantitative estimate of drug-likeness (QED) is 0.894. The molecule has 0 fully saturated rings. The summed E-state index contributed by atoms with van der Waals surface area (Å²) in [5.41, 5.74) is 1.23. The largest absolute Gasteiger partial charge is 0.416 e. The first-order valence-corrected chi connectivity index (χ1v) is 6.73. The number of benzene rings is 1. The minimum atomic E-state index is -4.33. The van der Waals surface area contributed by atoms with E-state index >= 15 is 0 Å². The topological polar surface area (TPSA) is 33.1 Å². The fourth-order valence-corrected chi connectivity index (χ4v) is 2.04. The van der Waals surface area contributed by atoms with Crippen molar-refractivity contribution in [3.8, 4) is 11.3 Å². The van der Waals surface area contributed by atoms with Gasteiger partial charge in [0.15, 0.2) is 0 Å². The first-order chi connectivity index (χ1) is 9.91. The Labute approximate surface area is 121 Å². The third kappa shape index (κ3) is 3.82. The van der Waals surface area contributed by atoms with Crippen LogP contribution in [0.5, 0.6) is 0 Å². The molecule has 5 heteroatoms. The third-order valence-corrected chi connectivity index (χ3v) is 3.24. The Balaban J connectivity index is 2.19. The summed E-state index contributed by atoms with van der Waals surface area (Å²) in [7, 11) is 0. The van der Waals surface area contributed by atoms with Crippen LogP contribution in [0.15, 0.2) is 42.6 Å². The van der Waals surface area contributed by atoms with Gasteiger partial charge in [0.05, 0.1) is 17.4 Å². The summed E-state index contributed by atoms with van der Waals surface area (Å²) < 4.78 is 37.5. The Kier molecular flexibility index (Phi) is 4.63. The summed E-state index contributed by atoms with van der Waals surface area (Å²) in [5.74, 6) is 0. The Morgan fingerprint density at radius 2 is 1.76 bits per heavy atom. The van der Waals surface area contributed by atoms with Gasteiger partial charge in [-0.2, -0.15) is 13.2 Å². The predicted molar refractivity (Wildman–Crippen MR) is 74.5 cm³/mol. The van der Waals surface area contributed by atoms with Crippen LogP contribution in [0.2, 0.25) is 0 Å². The van der Waals surface area contributed by atoms with Crippen LogP contribution in [0, 0.1) is 0 Å². The Hall–Kier alpha value is -1.88. The summed E-state index contributed by atoms with van der Waals surface area (Å²) in [4.78, 5) is 4.20. The van der Waals surface area contributed by atoms with Gasteiger partial charge in [-0.25, -0.2) is 0 Å². The van der Waals surface area contributed by atoms with Gasteiger partial charge in [-0.1, -0.05) is 31.5 Å². The fourth-order valence-electron chi connectivity index (χ4n) is 2.04. The van der Waals surface area contributed by atoms with Crippen molar-refractivity contribution in [1.29, 1.82) is 0 Å². The summed E-state index contributed by atoms with van der Waals surface area (Å²) in [6.45, 7) is 1.98. The van der Waals surface area contributed by atoms with E-state index in [9.17, 15) is 18.3 Å². The summed E-state index contributed by atoms with van der Waals surface area (Å²) in [6.07, 6.45) is -1.81. The number of alkyl halides is 3. The highest BCUT2D eigenvalue weighted by atomic mass is 19.4. The second-order valence-corrected chi connectivity index (χ2v) is 4.86. The maximum Gasteiger partial charge on any atom is 0.416 e. The molecule has 0 aliphatic heterocycles. The summed E-state index contributed by atoms with van der Waals surface area (Å²) in [6, 6.07) is 8.32. The van der Waals surface area contributed by atoms with E-state index in [4.69, 9.17) is 0 Å². The number of aromatic nitrogens is 1. The second-order valence-electron chi connectivity index (χ2n) is 4.86. The van der Waals surface area contributed by atoms with Crippen LogP contribution in [-0.4, -0.2) is 10.1 Å². The standard InChI is InChI=1S/C16H16F3NO/c1-2-3-15(21)12-6-9-14(20-10-12)11-4-7-13(8-5-11)16(17,18)19/h4-10,15,21H,2-3H2,1H3/t15-/m1/s1. The van der Waals surface area contributed by atoms with Crippen molar-refractivity contribution in [2.75, 3.05) is 0 Å². The zero-order valence-corrected chi connectivity index (χ0v) is 11.6. The summed E-state index contributed by atoms with van der Waals surface area (Å²) >= 11 is 0. The smallest absolute Gasteiger partial charge is 0.388 e. The van der Waals surface area contributed by atoms with E-state index in [1.165, 1.54) is 12.1 Å². The molecule has 0 spiro atoms. The van der Waals surface area contributed by atoms with E-state index in [0.717, 1.165) is 18.6 Å². The van der Waals surface area contributed by atoms with Crippen molar-refractivity contribution >= 4 is 0 Å². The number of pyridine rings is 1. The molecule has 1 heterocycles. The minimum Gasteiger partial charge on any atom is -0.388 e. The van der Waals surface area contributed by atoms with E-state index < -0.39 is 17.8 Å². The molecular weight excluding hydrogens is 279 g/mol. The molecular formula is C16H16F3NO. The highest BCUT2D eigenvalue weighted by Gasteiger charge is 2.29. The van der Waals surface area contributed by atoms with Crippen molar-refractivity contribution < 1.29 is 18.3 Å². The zero-order chi connectivity index (χ0) is 15.5. The highest BCUT2D eigenvalue weighted by molar-refractivity contribution is 5.59. The Morgan fingerprint density at radius 1 is 1.10 bits per heavy atom. The lowest BCUT2D eigenvalue weighted by atomic mass is 10.0. The number of rotatable bonds is 4. The number of aliphatic hydroxyl groups excluding tert-OH is 1. The lowest BCUT2D eigenvalue weighted by Gasteiger charge is -2.10. The van der Waals surface area contributed by atoms with Crippen LogP contribution in [0.4, 0.5) is 13.2 Å². The van der Waals surface area contributed by atoms with Crippen LogP contribution < -0.4 is 0 Å². The normalized spacial score (nSPS) is 13.2. The number of aliphatic hydroxyl groups is 1. The zero-order valence-electron chi connectivity index (χ0n) is 11.6. The molecule has 1 atom stereocenters. The average molecular weight is 295 g/mol. The molecule has 0 amide bonds. The molecule has 0 radical (unpaired) electrons. The van der Waals surface area contributed by atoms with Crippen LogP contribution in [0.3, 0.4) is 0 Å². The first kappa shape index (κ1) is 15.5. The molecule has 0 saturated heterocycles. The minimum absolute atomic E-state index is 0.552. The molecule has 21 heavy (non-hydrogen) atoms. The number of hydrogen-bond donors (Lipinski definition) is 1. The van der Waals surface area contributed by atoms with E-state index in [1.807, 2.05) is 6.92 Å². The van der Waals surface area contributed by atoms with Gasteiger partial charge in [-0.15, -0.1) is 0 Å². The van der Waals surface area contributed by atoms with Gasteiger partial charge in [-0.3, -0.25) is 4.98 Å². The monoisotopic (exact) mass is 295 g/mol. The van der Waals surface area contributed by atoms with Gasteiger partial charge in [0.2, 0.25) is 0 Å². The third-order valence-electron chi connectivity index (χ3n) is 3.24. The van der Waals surface area contributed by atoms with Gasteiger partial charge in [-0.05, 0) is 30.2 Å². The van der Waals surface area contributed by atoms with Crippen LogP contribution in [-0.2, 0) is 6.18 Å². The van der Waals surface area contributed by atoms with Crippen LogP contribution in [0.1, 0.15) is 37.0 Å².